The van der Waals surface area contributed by atoms with Gasteiger partial charge in [0.25, 0.3) is 0 Å². The Kier molecular flexibility index (Phi) is 6.99. The largest absolute Gasteiger partial charge is 0.378 e. The summed E-state index contributed by atoms with van der Waals surface area (Å²) in [6.07, 6.45) is 1.72. The van der Waals surface area contributed by atoms with E-state index in [1.54, 1.807) is 0 Å². The molecule has 192 valence electrons. The molecule has 9 nitrogen and oxygen atoms in total. The van der Waals surface area contributed by atoms with Crippen LogP contribution in [0.2, 0.25) is 0 Å². The van der Waals surface area contributed by atoms with Crippen molar-refractivity contribution in [1.29, 1.82) is 5.26 Å². The van der Waals surface area contributed by atoms with Crippen molar-refractivity contribution in [3.8, 4) is 6.07 Å². The van der Waals surface area contributed by atoms with Crippen molar-refractivity contribution >= 4 is 23.2 Å². The van der Waals surface area contributed by atoms with E-state index in [0.29, 0.717) is 25.7 Å². The van der Waals surface area contributed by atoms with Crippen LogP contribution < -0.4 is 10.6 Å². The van der Waals surface area contributed by atoms with Gasteiger partial charge < -0.3 is 10.6 Å². The van der Waals surface area contributed by atoms with Crippen LogP contribution in [0, 0.1) is 11.3 Å². The van der Waals surface area contributed by atoms with Crippen molar-refractivity contribution in [2.45, 2.75) is 115 Å². The van der Waals surface area contributed by atoms with Gasteiger partial charge in [-0.05, 0) is 81.1 Å². The van der Waals surface area contributed by atoms with E-state index in [1.807, 2.05) is 61.5 Å². The lowest BCUT2D eigenvalue weighted by atomic mass is 9.78. The molecular weight excluding hydrogens is 470 g/mol. The second-order valence-corrected chi connectivity index (χ2v) is 12.9. The Labute approximate surface area is 212 Å². The predicted molar refractivity (Wildman–Crippen MR) is 129 cm³/mol. The van der Waals surface area contributed by atoms with Crippen LogP contribution in [0.3, 0.4) is 0 Å². The number of nitrogens with one attached hydrogen (secondary N) is 2. The van der Waals surface area contributed by atoms with Crippen molar-refractivity contribution in [2.24, 2.45) is 0 Å². The molecule has 0 spiro atoms. The van der Waals surface area contributed by atoms with Gasteiger partial charge in [-0.3, -0.25) is 9.59 Å². The van der Waals surface area contributed by atoms with E-state index < -0.39 is 33.7 Å². The maximum atomic E-state index is 13.3. The molecule has 2 fully saturated rings. The van der Waals surface area contributed by atoms with Gasteiger partial charge in [0.15, 0.2) is 0 Å². The molecule has 0 aromatic carbocycles. The van der Waals surface area contributed by atoms with E-state index in [-0.39, 0.29) is 34.1 Å². The highest BCUT2D eigenvalue weighted by atomic mass is 35.5. The van der Waals surface area contributed by atoms with Gasteiger partial charge in [0.2, 0.25) is 11.6 Å². The van der Waals surface area contributed by atoms with Crippen molar-refractivity contribution in [3.05, 3.63) is 22.0 Å². The van der Waals surface area contributed by atoms with Crippen LogP contribution in [0.1, 0.15) is 81.1 Å². The maximum absolute atomic E-state index is 13.3. The summed E-state index contributed by atoms with van der Waals surface area (Å²) in [5.41, 5.74) is -3.31. The molecule has 2 aliphatic heterocycles. The smallest absolute Gasteiger partial charge is 0.223 e. The first-order valence-corrected chi connectivity index (χ1v) is 12.3. The van der Waals surface area contributed by atoms with Crippen LogP contribution >= 0.6 is 11.6 Å². The van der Waals surface area contributed by atoms with Gasteiger partial charge in [0.1, 0.15) is 28.1 Å². The van der Waals surface area contributed by atoms with Gasteiger partial charge in [0, 0.05) is 34.2 Å². The average molecular weight is 506 g/mol. The molecule has 3 aliphatic rings. The number of carbonyl (C=O) groups is 2. The zero-order chi connectivity index (χ0) is 26.7. The zero-order valence-electron chi connectivity index (χ0n) is 21.8. The zero-order valence-corrected chi connectivity index (χ0v) is 22.6. The SMILES string of the molecule is CC1(C)CC(NC2=C(Cl)C(=O)C(NC3CC(C)(C)N([O])C(C)(C)C3)=C(C#N)C2=O)CC(C)(C)N1[O]. The monoisotopic (exact) mass is 505 g/mol. The molecule has 10 heteroatoms. The van der Waals surface area contributed by atoms with E-state index in [0.717, 1.165) is 10.1 Å². The standard InChI is InChI=1S/C25H36ClN5O4/c1-22(2)9-14(10-23(3,4)30(22)34)28-18-16(13-27)20(32)19(17(26)21(18)33)29-15-11-24(5,6)31(35)25(7,8)12-15/h14-15,28-29H,9-12H2,1-8H3. The topological polar surface area (TPSA) is 128 Å². The first kappa shape index (κ1) is 27.6. The third-order valence-corrected chi connectivity index (χ3v) is 7.70. The lowest BCUT2D eigenvalue weighted by molar-refractivity contribution is -0.290. The number of ketones is 2. The molecule has 0 aromatic heterocycles. The third-order valence-electron chi connectivity index (χ3n) is 7.34. The predicted octanol–water partition coefficient (Wildman–Crippen LogP) is 3.28. The minimum absolute atomic E-state index is 0.107. The second-order valence-electron chi connectivity index (χ2n) is 12.5. The fourth-order valence-corrected chi connectivity index (χ4v) is 6.42. The summed E-state index contributed by atoms with van der Waals surface area (Å²) < 4.78 is 0. The first-order valence-electron chi connectivity index (χ1n) is 12.0. The molecule has 35 heavy (non-hydrogen) atoms. The van der Waals surface area contributed by atoms with Gasteiger partial charge in [-0.15, -0.1) is 20.5 Å². The number of piperidine rings is 2. The summed E-state index contributed by atoms with van der Waals surface area (Å²) in [6, 6.07) is 1.29. The number of rotatable bonds is 4. The lowest BCUT2D eigenvalue weighted by Crippen LogP contribution is -2.62. The molecule has 0 atom stereocenters. The number of halogens is 1. The van der Waals surface area contributed by atoms with Crippen LogP contribution in [-0.2, 0) is 20.0 Å². The van der Waals surface area contributed by atoms with Gasteiger partial charge in [-0.2, -0.15) is 5.26 Å². The van der Waals surface area contributed by atoms with Crippen LogP contribution in [0.4, 0.5) is 0 Å². The molecule has 0 saturated carbocycles. The van der Waals surface area contributed by atoms with Crippen molar-refractivity contribution in [3.63, 3.8) is 0 Å². The molecule has 2 saturated heterocycles. The minimum Gasteiger partial charge on any atom is -0.378 e. The third kappa shape index (κ3) is 5.00. The van der Waals surface area contributed by atoms with E-state index in [2.05, 4.69) is 10.6 Å². The molecule has 3 rings (SSSR count). The van der Waals surface area contributed by atoms with Crippen molar-refractivity contribution in [1.82, 2.24) is 20.8 Å². The second kappa shape index (κ2) is 8.86. The molecule has 2 heterocycles. The highest BCUT2D eigenvalue weighted by Crippen LogP contribution is 2.39. The summed E-state index contributed by atoms with van der Waals surface area (Å²) >= 11 is 6.42. The number of Topliss-reactive ketones (excluding diaryl/α,β-unsaturated/α-hetero) is 2. The first-order chi connectivity index (χ1) is 15.8. The Morgan fingerprint density at radius 2 is 1.09 bits per heavy atom. The number of hydroxylamine groups is 4. The molecule has 0 bridgehead atoms. The number of nitrogens with zero attached hydrogens (tertiary/aromatic N) is 3. The van der Waals surface area contributed by atoms with Gasteiger partial charge >= 0.3 is 0 Å². The summed E-state index contributed by atoms with van der Waals surface area (Å²) in [5.74, 6) is -1.29. The van der Waals surface area contributed by atoms with Gasteiger partial charge in [-0.1, -0.05) is 11.6 Å². The summed E-state index contributed by atoms with van der Waals surface area (Å²) in [7, 11) is 0. The Balaban J connectivity index is 1.87. The number of allylic oxidation sites excluding steroid dienone is 2. The molecule has 0 aromatic rings. The number of nitriles is 1. The van der Waals surface area contributed by atoms with Crippen LogP contribution in [0.25, 0.3) is 0 Å². The number of carbonyl (C=O) groups excluding carboxylic acids is 2. The van der Waals surface area contributed by atoms with E-state index in [1.165, 1.54) is 0 Å². The Bertz CT molecular complexity index is 1000. The summed E-state index contributed by atoms with van der Waals surface area (Å²) in [6.45, 7) is 14.6. The molecule has 2 N–H and O–H groups in total. The Morgan fingerprint density at radius 3 is 1.43 bits per heavy atom. The van der Waals surface area contributed by atoms with Crippen LogP contribution in [0.15, 0.2) is 22.0 Å². The van der Waals surface area contributed by atoms with Gasteiger partial charge in [-0.25, -0.2) is 0 Å². The summed E-state index contributed by atoms with van der Waals surface area (Å²) in [5, 5.41) is 43.2. The molecule has 1 aliphatic carbocycles. The van der Waals surface area contributed by atoms with Crippen LogP contribution in [0.5, 0.6) is 0 Å². The number of hydrogen-bond acceptors (Lipinski definition) is 7. The van der Waals surface area contributed by atoms with E-state index in [4.69, 9.17) is 11.6 Å². The van der Waals surface area contributed by atoms with Crippen LogP contribution in [-0.4, -0.2) is 55.9 Å². The highest BCUT2D eigenvalue weighted by molar-refractivity contribution is 6.49. The lowest BCUT2D eigenvalue weighted by Gasteiger charge is -2.50. The highest BCUT2D eigenvalue weighted by Gasteiger charge is 2.49. The Hall–Kier alpha value is -1.96. The maximum Gasteiger partial charge on any atom is 0.223 e. The average Bonchev–Trinajstić information content (AvgIpc) is 2.71. The molecule has 0 amide bonds. The quantitative estimate of drug-likeness (QED) is 0.561. The normalized spacial score (nSPS) is 27.7. The fourth-order valence-electron chi connectivity index (χ4n) is 6.19. The van der Waals surface area contributed by atoms with E-state index >= 15 is 0 Å². The Morgan fingerprint density at radius 1 is 0.743 bits per heavy atom. The number of hydrogen-bond donors (Lipinski definition) is 2. The molecule has 2 radical (unpaired) electrons. The van der Waals surface area contributed by atoms with Crippen molar-refractivity contribution in [2.75, 3.05) is 0 Å². The van der Waals surface area contributed by atoms with Crippen molar-refractivity contribution < 1.29 is 20.0 Å². The molecular formula is C25H36ClN5O4. The summed E-state index contributed by atoms with van der Waals surface area (Å²) in [4.78, 5) is 26.6. The van der Waals surface area contributed by atoms with E-state index in [9.17, 15) is 25.3 Å². The van der Waals surface area contributed by atoms with Gasteiger partial charge in [0.05, 0.1) is 0 Å². The fraction of sp³-hybridized carbons (Fsp3) is 0.720. The minimum atomic E-state index is -0.698. The molecule has 0 unspecified atom stereocenters.